The van der Waals surface area contributed by atoms with Crippen LogP contribution in [0.1, 0.15) is 59.2 Å². The Bertz CT molecular complexity index is 3930. The summed E-state index contributed by atoms with van der Waals surface area (Å²) >= 11 is 0. The largest absolute Gasteiger partial charge is 0.494 e. The molecule has 4 fully saturated rings. The number of carbonyl (C=O) groups is 12. The van der Waals surface area contributed by atoms with Crippen LogP contribution in [0, 0.1) is 22.7 Å². The van der Waals surface area contributed by atoms with Gasteiger partial charge in [-0.15, -0.1) is 0 Å². The molecule has 4 aromatic rings. The fourth-order valence-corrected chi connectivity index (χ4v) is 12.7. The molecule has 0 radical (unpaired) electrons. The summed E-state index contributed by atoms with van der Waals surface area (Å²) in [5.74, 6) is -17.8. The molecule has 112 heavy (non-hydrogen) atoms. The summed E-state index contributed by atoms with van der Waals surface area (Å²) in [5, 5.41) is 70.8. The molecule has 6 heterocycles. The van der Waals surface area contributed by atoms with Gasteiger partial charge in [-0.05, 0) is 61.4 Å². The molecule has 8 rings (SSSR count). The molecule has 4 saturated heterocycles. The first kappa shape index (κ1) is 88.0. The number of carboxylic acid groups (broad SMARTS) is 5. The van der Waals surface area contributed by atoms with Crippen molar-refractivity contribution in [3.05, 3.63) is 72.1 Å². The minimum atomic E-state index is -5.08. The summed E-state index contributed by atoms with van der Waals surface area (Å²) in [4.78, 5) is 176. The van der Waals surface area contributed by atoms with Gasteiger partial charge in [0.2, 0.25) is 29.5 Å². The first-order valence-electron chi connectivity index (χ1n) is 35.4. The molecule has 0 unspecified atom stereocenters. The number of aliphatic carboxylic acids is 5. The van der Waals surface area contributed by atoms with Crippen LogP contribution in [0.4, 0.5) is 30.7 Å². The SMILES string of the molecule is N#C[C@@H]1CC(F)(F)CN1C(=O)CNC(=O)c1ccnc2ccc(OCCCC(=O)N3CCN(CC(=O)O)CCN(C(=O)CCCOc4ccc5nccc(C(=O)NCC(=O)N6CC(F)(F)C[C@H]6C#N)c5c4)CCN(C(=O)CN4CCN(CC(=O)O)CCN(CC(=O)O)CCN(CC(=O)O)CC4)CC3)cc12.O=C(O)C(F)(F)F. The summed E-state index contributed by atoms with van der Waals surface area (Å²) in [6, 6.07) is 12.8. The van der Waals surface area contributed by atoms with E-state index in [0.717, 1.165) is 9.80 Å². The van der Waals surface area contributed by atoms with Crippen molar-refractivity contribution in [1.82, 2.24) is 69.6 Å². The first-order chi connectivity index (χ1) is 53.0. The Kier molecular flexibility index (Phi) is 32.4. The predicted octanol–water partition coefficient (Wildman–Crippen LogP) is 0.775. The summed E-state index contributed by atoms with van der Waals surface area (Å²) in [6.45, 7) is -4.79. The van der Waals surface area contributed by atoms with Crippen molar-refractivity contribution in [2.75, 3.05) is 177 Å². The third-order valence-electron chi connectivity index (χ3n) is 18.5. The van der Waals surface area contributed by atoms with E-state index in [0.29, 0.717) is 21.8 Å². The number of nitriles is 2. The number of hydrogen-bond acceptors (Lipinski definition) is 23. The van der Waals surface area contributed by atoms with Gasteiger partial charge in [0.05, 0.1) is 106 Å². The molecular formula is C70H85F7N16O19. The van der Waals surface area contributed by atoms with Gasteiger partial charge in [-0.1, -0.05) is 0 Å². The van der Waals surface area contributed by atoms with E-state index in [-0.39, 0.29) is 179 Å². The summed E-state index contributed by atoms with van der Waals surface area (Å²) < 4.78 is 100. The van der Waals surface area contributed by atoms with Gasteiger partial charge in [0, 0.05) is 154 Å². The second-order valence-electron chi connectivity index (χ2n) is 26.7. The molecule has 0 saturated carbocycles. The highest BCUT2D eigenvalue weighted by Crippen LogP contribution is 2.33. The smallest absolute Gasteiger partial charge is 0.490 e. The van der Waals surface area contributed by atoms with Crippen LogP contribution in [-0.2, 0) is 47.9 Å². The van der Waals surface area contributed by atoms with Crippen LogP contribution in [-0.4, -0.2) is 363 Å². The van der Waals surface area contributed by atoms with Crippen molar-refractivity contribution in [1.29, 1.82) is 10.5 Å². The number of hydrogen-bond donors (Lipinski definition) is 7. The third-order valence-corrected chi connectivity index (χ3v) is 18.5. The van der Waals surface area contributed by atoms with E-state index in [1.54, 1.807) is 60.9 Å². The van der Waals surface area contributed by atoms with E-state index in [4.69, 9.17) is 19.4 Å². The Labute approximate surface area is 635 Å². The maximum atomic E-state index is 15.0. The van der Waals surface area contributed by atoms with Gasteiger partial charge < -0.3 is 70.1 Å². The zero-order valence-corrected chi connectivity index (χ0v) is 60.6. The Morgan fingerprint density at radius 3 is 1.07 bits per heavy atom. The minimum Gasteiger partial charge on any atom is -0.494 e. The second kappa shape index (κ2) is 41.2. The van der Waals surface area contributed by atoms with Crippen LogP contribution in [0.2, 0.25) is 0 Å². The Morgan fingerprint density at radius 1 is 0.455 bits per heavy atom. The average molecular weight is 1590 g/mol. The molecule has 42 heteroatoms. The van der Waals surface area contributed by atoms with Crippen LogP contribution < -0.4 is 20.1 Å². The standard InChI is InChI=1S/C68H84F4N16O17.C2HF3O2/c69-67(70)33-46(35-73)87(44-67)58(91)37-77-65(102)50-9-11-75-54-7-5-48(31-52(50)54)104-29-1-3-56(89)84-23-21-83(43-64(100)101)22-24-85(26-28-86(27-25-84)60(93)39-79-13-15-80(40-61(94)95)17-19-82(42-63(98)99)20-18-81(16-14-79)41-62(96)97)57(90)4-2-30-105-49-6-8-55-53(32-49)51(10-12-76-55)66(103)78-38-59(92)88-45-68(71,72)34-47(88)36-74;3-2(4,5)1(6)7/h5-12,31-32,46-47H,1-4,13-30,33-34,37-45H2,(H,77,102)(H,78,103)(H,94,95)(H,96,97)(H,98,99)(H,100,101);(H,6,7)/t46-,47-;/m0./s1. The molecule has 4 aliphatic heterocycles. The van der Waals surface area contributed by atoms with E-state index in [1.165, 1.54) is 51.4 Å². The number of rotatable bonds is 26. The third kappa shape index (κ3) is 27.7. The number of halogens is 7. The molecule has 7 N–H and O–H groups in total. The summed E-state index contributed by atoms with van der Waals surface area (Å²) in [6.07, 6.45) is -3.95. The Hall–Kier alpha value is -11.2. The van der Waals surface area contributed by atoms with Gasteiger partial charge in [-0.2, -0.15) is 23.7 Å². The van der Waals surface area contributed by atoms with Crippen molar-refractivity contribution < 1.29 is 123 Å². The quantitative estimate of drug-likeness (QED) is 0.0337. The maximum Gasteiger partial charge on any atom is 0.490 e. The van der Waals surface area contributed by atoms with Crippen molar-refractivity contribution >= 4 is 93.0 Å². The molecule has 4 aliphatic rings. The average Bonchev–Trinajstić information content (AvgIpc) is 1.52. The second-order valence-corrected chi connectivity index (χ2v) is 26.7. The molecule has 2 aromatic heterocycles. The van der Waals surface area contributed by atoms with Gasteiger partial charge in [0.15, 0.2) is 0 Å². The fraction of sp³-hybridized carbons (Fsp3) is 0.543. The minimum absolute atomic E-state index is 0.00923. The number of alkyl halides is 7. The summed E-state index contributed by atoms with van der Waals surface area (Å²) in [5.41, 5.74) is 0.876. The zero-order valence-electron chi connectivity index (χ0n) is 60.6. The molecule has 2 aromatic carbocycles. The molecule has 0 spiro atoms. The van der Waals surface area contributed by atoms with Gasteiger partial charge in [-0.25, -0.2) is 22.4 Å². The molecule has 0 bridgehead atoms. The van der Waals surface area contributed by atoms with Crippen LogP contribution in [0.25, 0.3) is 21.8 Å². The monoisotopic (exact) mass is 1590 g/mol. The molecule has 0 aliphatic carbocycles. The molecule has 35 nitrogen and oxygen atoms in total. The number of carbonyl (C=O) groups excluding carboxylic acids is 7. The predicted molar refractivity (Wildman–Crippen MR) is 375 cm³/mol. The Morgan fingerprint density at radius 2 is 0.759 bits per heavy atom. The van der Waals surface area contributed by atoms with E-state index < -0.39 is 160 Å². The number of ether oxygens (including phenoxy) is 2. The number of benzene rings is 2. The molecule has 7 amide bonds. The number of nitrogens with zero attached hydrogens (tertiary/aromatic N) is 14. The number of nitrogens with one attached hydrogen (secondary N) is 2. The molecule has 2 atom stereocenters. The van der Waals surface area contributed by atoms with Crippen LogP contribution in [0.5, 0.6) is 11.5 Å². The van der Waals surface area contributed by atoms with Gasteiger partial charge in [-0.3, -0.25) is 87.2 Å². The Balaban J connectivity index is 0.00000237. The van der Waals surface area contributed by atoms with Gasteiger partial charge >= 0.3 is 36.0 Å². The number of amides is 7. The lowest BCUT2D eigenvalue weighted by molar-refractivity contribution is -0.192. The van der Waals surface area contributed by atoms with Crippen molar-refractivity contribution in [3.63, 3.8) is 0 Å². The van der Waals surface area contributed by atoms with E-state index >= 15 is 0 Å². The lowest BCUT2D eigenvalue weighted by Gasteiger charge is -2.36. The van der Waals surface area contributed by atoms with Crippen molar-refractivity contribution in [3.8, 4) is 23.6 Å². The highest BCUT2D eigenvalue weighted by Gasteiger charge is 2.48. The van der Waals surface area contributed by atoms with Crippen LogP contribution in [0.3, 0.4) is 0 Å². The lowest BCUT2D eigenvalue weighted by Crippen LogP contribution is -2.53. The highest BCUT2D eigenvalue weighted by molar-refractivity contribution is 6.08. The van der Waals surface area contributed by atoms with Crippen LogP contribution >= 0.6 is 0 Å². The fourth-order valence-electron chi connectivity index (χ4n) is 12.7. The lowest BCUT2D eigenvalue weighted by atomic mass is 10.1. The van der Waals surface area contributed by atoms with Crippen LogP contribution in [0.15, 0.2) is 60.9 Å². The number of likely N-dealkylation sites (tertiary alicyclic amines) is 2. The number of pyridine rings is 2. The highest BCUT2D eigenvalue weighted by atomic mass is 19.4. The molecular weight excluding hydrogens is 1500 g/mol. The number of aromatic nitrogens is 2. The molecule has 608 valence electrons. The number of fused-ring (bicyclic) bond motifs is 2. The van der Waals surface area contributed by atoms with Gasteiger partial charge in [0.25, 0.3) is 23.7 Å². The normalized spacial score (nSPS) is 18.7. The summed E-state index contributed by atoms with van der Waals surface area (Å²) in [7, 11) is 0. The van der Waals surface area contributed by atoms with Gasteiger partial charge in [0.1, 0.15) is 23.6 Å². The zero-order chi connectivity index (χ0) is 82.0. The first-order valence-corrected chi connectivity index (χ1v) is 35.4. The topological polar surface area (TPSA) is 454 Å². The van der Waals surface area contributed by atoms with Crippen molar-refractivity contribution in [2.45, 2.75) is 68.6 Å². The maximum absolute atomic E-state index is 15.0. The van der Waals surface area contributed by atoms with E-state index in [9.17, 15) is 114 Å². The van der Waals surface area contributed by atoms with Crippen molar-refractivity contribution in [2.24, 2.45) is 0 Å². The number of carboxylic acids is 5. The van der Waals surface area contributed by atoms with E-state index in [1.807, 2.05) is 0 Å². The van der Waals surface area contributed by atoms with E-state index in [2.05, 4.69) is 20.6 Å².